The lowest BCUT2D eigenvalue weighted by Crippen LogP contribution is -2.42. The van der Waals surface area contributed by atoms with Crippen LogP contribution in [0.25, 0.3) is 0 Å². The van der Waals surface area contributed by atoms with E-state index in [2.05, 4.69) is 9.97 Å². The minimum absolute atomic E-state index is 0.00853. The zero-order valence-corrected chi connectivity index (χ0v) is 14.7. The molecule has 1 atom stereocenters. The molecule has 0 spiro atoms. The van der Waals surface area contributed by atoms with Crippen LogP contribution in [-0.2, 0) is 9.53 Å². The van der Waals surface area contributed by atoms with E-state index >= 15 is 0 Å². The molecule has 2 saturated carbocycles. The van der Waals surface area contributed by atoms with Crippen molar-refractivity contribution in [2.45, 2.75) is 44.1 Å². The zero-order valence-electron chi connectivity index (χ0n) is 14.0. The van der Waals surface area contributed by atoms with Crippen LogP contribution >= 0.6 is 11.6 Å². The van der Waals surface area contributed by atoms with Crippen molar-refractivity contribution >= 4 is 29.1 Å². The first-order valence-electron chi connectivity index (χ1n) is 8.07. The minimum atomic E-state index is -2.86. The van der Waals surface area contributed by atoms with Crippen LogP contribution in [0.3, 0.4) is 0 Å². The van der Waals surface area contributed by atoms with Gasteiger partial charge in [-0.25, -0.2) is 13.8 Å². The molecule has 0 amide bonds. The normalized spacial score (nSPS) is 22.7. The van der Waals surface area contributed by atoms with E-state index in [4.69, 9.17) is 16.3 Å². The van der Waals surface area contributed by atoms with Crippen LogP contribution in [0.5, 0.6) is 0 Å². The van der Waals surface area contributed by atoms with Gasteiger partial charge in [0.25, 0.3) is 0 Å². The number of hydrogen-bond acceptors (Lipinski definition) is 7. The first kappa shape index (κ1) is 18.7. The molecule has 0 aromatic carbocycles. The number of rotatable bonds is 6. The number of carbonyl (C=O) groups excluding carboxylic acids is 1. The van der Waals surface area contributed by atoms with E-state index in [0.717, 1.165) is 6.20 Å². The number of methoxy groups -OCH3 is 1. The Bertz CT molecular complexity index is 744. The van der Waals surface area contributed by atoms with Crippen molar-refractivity contribution in [2.75, 3.05) is 18.6 Å². The van der Waals surface area contributed by atoms with Gasteiger partial charge in [0, 0.05) is 25.4 Å². The van der Waals surface area contributed by atoms with Crippen LogP contribution in [0.15, 0.2) is 6.20 Å². The number of alkyl halides is 2. The summed E-state index contributed by atoms with van der Waals surface area (Å²) >= 11 is 5.79. The van der Waals surface area contributed by atoms with E-state index in [9.17, 15) is 23.7 Å². The molecular weight excluding hydrogens is 374 g/mol. The lowest BCUT2D eigenvalue weighted by atomic mass is 10.0. The predicted octanol–water partition coefficient (Wildman–Crippen LogP) is 2.99. The summed E-state index contributed by atoms with van der Waals surface area (Å²) in [6.07, 6.45) is 1.32. The van der Waals surface area contributed by atoms with Crippen molar-refractivity contribution in [2.24, 2.45) is 5.41 Å². The summed E-state index contributed by atoms with van der Waals surface area (Å²) in [5, 5.41) is 11.1. The lowest BCUT2D eigenvalue weighted by Gasteiger charge is -2.32. The minimum Gasteiger partial charge on any atom is -0.469 e. The lowest BCUT2D eigenvalue weighted by molar-refractivity contribution is -0.384. The van der Waals surface area contributed by atoms with Gasteiger partial charge in [0.15, 0.2) is 0 Å². The van der Waals surface area contributed by atoms with E-state index in [0.29, 0.717) is 12.8 Å². The number of aromatic nitrogens is 2. The molecule has 8 nitrogen and oxygen atoms in total. The van der Waals surface area contributed by atoms with Crippen LogP contribution in [0.4, 0.5) is 20.3 Å². The summed E-state index contributed by atoms with van der Waals surface area (Å²) < 4.78 is 32.4. The number of hydrogen-bond donors (Lipinski definition) is 0. The van der Waals surface area contributed by atoms with Gasteiger partial charge in [-0.3, -0.25) is 14.9 Å². The molecule has 0 saturated heterocycles. The second-order valence-electron chi connectivity index (χ2n) is 6.76. The van der Waals surface area contributed by atoms with Gasteiger partial charge in [-0.05, 0) is 30.9 Å². The Hall–Kier alpha value is -2.10. The third-order valence-corrected chi connectivity index (χ3v) is 5.13. The fraction of sp³-hybridized carbons (Fsp3) is 0.667. The van der Waals surface area contributed by atoms with Crippen molar-refractivity contribution in [1.82, 2.24) is 9.97 Å². The van der Waals surface area contributed by atoms with Gasteiger partial charge in [0.1, 0.15) is 6.20 Å². The number of esters is 1. The Morgan fingerprint density at radius 3 is 2.69 bits per heavy atom. The van der Waals surface area contributed by atoms with Gasteiger partial charge in [0.2, 0.25) is 17.0 Å². The second kappa shape index (κ2) is 6.57. The molecule has 0 unspecified atom stereocenters. The number of nitrogens with zero attached hydrogens (tertiary/aromatic N) is 4. The molecule has 3 rings (SSSR count). The van der Waals surface area contributed by atoms with Crippen molar-refractivity contribution in [3.05, 3.63) is 21.6 Å². The summed E-state index contributed by atoms with van der Waals surface area (Å²) in [5.74, 6) is -3.47. The smallest absolute Gasteiger partial charge is 0.329 e. The standard InChI is InChI=1S/C15H17ClF2N4O4/c1-26-12(23)14(4-5-14)8-21(9-2-3-15(17,18)6-9)11-10(22(24)25)7-19-13(16)20-11/h7,9H,2-6,8H2,1H3/t9-/m1/s1. The highest BCUT2D eigenvalue weighted by atomic mass is 35.5. The Labute approximate surface area is 152 Å². The average Bonchev–Trinajstić information content (AvgIpc) is 3.28. The number of halogens is 3. The van der Waals surface area contributed by atoms with Crippen LogP contribution in [0, 0.1) is 15.5 Å². The molecule has 1 heterocycles. The van der Waals surface area contributed by atoms with Crippen LogP contribution in [-0.4, -0.2) is 46.5 Å². The van der Waals surface area contributed by atoms with Crippen molar-refractivity contribution < 1.29 is 23.2 Å². The number of anilines is 1. The van der Waals surface area contributed by atoms with Gasteiger partial charge >= 0.3 is 11.7 Å². The fourth-order valence-corrected chi connectivity index (χ4v) is 3.50. The third kappa shape index (κ3) is 3.55. The molecule has 11 heteroatoms. The Morgan fingerprint density at radius 1 is 1.50 bits per heavy atom. The van der Waals surface area contributed by atoms with Crippen LogP contribution in [0.1, 0.15) is 32.1 Å². The van der Waals surface area contributed by atoms with Gasteiger partial charge in [-0.2, -0.15) is 4.98 Å². The molecule has 142 valence electrons. The molecule has 0 N–H and O–H groups in total. The Kier molecular flexibility index (Phi) is 4.72. The molecule has 0 bridgehead atoms. The zero-order chi connectivity index (χ0) is 19.1. The molecule has 0 aliphatic heterocycles. The van der Waals surface area contributed by atoms with Gasteiger partial charge < -0.3 is 9.64 Å². The van der Waals surface area contributed by atoms with Crippen molar-refractivity contribution in [1.29, 1.82) is 0 Å². The predicted molar refractivity (Wildman–Crippen MR) is 87.3 cm³/mol. The highest BCUT2D eigenvalue weighted by molar-refractivity contribution is 6.28. The topological polar surface area (TPSA) is 98.5 Å². The molecule has 1 aromatic rings. The summed E-state index contributed by atoms with van der Waals surface area (Å²) in [6.45, 7) is 0.00853. The molecule has 0 radical (unpaired) electrons. The molecule has 1 aromatic heterocycles. The highest BCUT2D eigenvalue weighted by Crippen LogP contribution is 2.50. The molecule has 26 heavy (non-hydrogen) atoms. The maximum absolute atomic E-state index is 13.8. The number of nitro groups is 1. The van der Waals surface area contributed by atoms with Gasteiger partial charge in [0.05, 0.1) is 17.4 Å². The summed E-state index contributed by atoms with van der Waals surface area (Å²) in [6, 6.07) is -0.697. The van der Waals surface area contributed by atoms with E-state index in [1.165, 1.54) is 12.0 Å². The molecular formula is C15H17ClF2N4O4. The SMILES string of the molecule is COC(=O)C1(CN(c2nc(Cl)ncc2[N+](=O)[O-])[C@@H]2CCC(F)(F)C2)CC1. The summed E-state index contributed by atoms with van der Waals surface area (Å²) in [5.41, 5.74) is -1.30. The third-order valence-electron chi connectivity index (χ3n) is 4.95. The fourth-order valence-electron chi connectivity index (χ4n) is 3.38. The summed E-state index contributed by atoms with van der Waals surface area (Å²) in [7, 11) is 1.25. The number of ether oxygens (including phenoxy) is 1. The number of carbonyl (C=O) groups is 1. The molecule has 2 aliphatic carbocycles. The van der Waals surface area contributed by atoms with E-state index in [1.54, 1.807) is 0 Å². The van der Waals surface area contributed by atoms with Crippen molar-refractivity contribution in [3.63, 3.8) is 0 Å². The highest BCUT2D eigenvalue weighted by Gasteiger charge is 2.54. The maximum atomic E-state index is 13.8. The largest absolute Gasteiger partial charge is 0.469 e. The summed E-state index contributed by atoms with van der Waals surface area (Å²) in [4.78, 5) is 31.7. The monoisotopic (exact) mass is 390 g/mol. The van der Waals surface area contributed by atoms with Crippen LogP contribution in [0.2, 0.25) is 5.28 Å². The van der Waals surface area contributed by atoms with Crippen LogP contribution < -0.4 is 4.90 Å². The molecule has 2 fully saturated rings. The van der Waals surface area contributed by atoms with E-state index < -0.39 is 40.4 Å². The van der Waals surface area contributed by atoms with E-state index in [-0.39, 0.29) is 30.5 Å². The maximum Gasteiger partial charge on any atom is 0.329 e. The van der Waals surface area contributed by atoms with Gasteiger partial charge in [-0.15, -0.1) is 0 Å². The van der Waals surface area contributed by atoms with Crippen molar-refractivity contribution in [3.8, 4) is 0 Å². The average molecular weight is 391 g/mol. The Balaban J connectivity index is 2.00. The first-order valence-corrected chi connectivity index (χ1v) is 8.45. The van der Waals surface area contributed by atoms with E-state index in [1.807, 2.05) is 0 Å². The van der Waals surface area contributed by atoms with Gasteiger partial charge in [-0.1, -0.05) is 0 Å². The first-order chi connectivity index (χ1) is 12.2. The second-order valence-corrected chi connectivity index (χ2v) is 7.10. The Morgan fingerprint density at radius 2 is 2.19 bits per heavy atom. The quantitative estimate of drug-likeness (QED) is 0.318. The molecule has 2 aliphatic rings.